The summed E-state index contributed by atoms with van der Waals surface area (Å²) in [5, 5.41) is 5.45. The third kappa shape index (κ3) is 4.76. The van der Waals surface area contributed by atoms with E-state index in [9.17, 15) is 14.4 Å². The molecule has 3 aromatic rings. The first-order chi connectivity index (χ1) is 15.9. The Morgan fingerprint density at radius 3 is 2.30 bits per heavy atom. The van der Waals surface area contributed by atoms with E-state index in [0.717, 1.165) is 9.37 Å². The van der Waals surface area contributed by atoms with Crippen LogP contribution in [0.25, 0.3) is 0 Å². The Labute approximate surface area is 203 Å². The third-order valence-electron chi connectivity index (χ3n) is 4.85. The Kier molecular flexibility index (Phi) is 6.48. The maximum absolute atomic E-state index is 13.0. The second kappa shape index (κ2) is 9.48. The first-order valence-electron chi connectivity index (χ1n) is 9.74. The molecule has 0 unspecified atom stereocenters. The summed E-state index contributed by atoms with van der Waals surface area (Å²) >= 11 is 9.55. The van der Waals surface area contributed by atoms with Crippen molar-refractivity contribution in [3.63, 3.8) is 0 Å². The summed E-state index contributed by atoms with van der Waals surface area (Å²) in [6.07, 6.45) is 0. The predicted octanol–water partition coefficient (Wildman–Crippen LogP) is 5.15. The maximum atomic E-state index is 13.0. The number of benzene rings is 3. The average Bonchev–Trinajstić information content (AvgIpc) is 3.04. The van der Waals surface area contributed by atoms with Crippen LogP contribution in [0.4, 0.5) is 17.1 Å². The van der Waals surface area contributed by atoms with Crippen molar-refractivity contribution in [2.45, 2.75) is 0 Å². The Morgan fingerprint density at radius 2 is 1.64 bits per heavy atom. The number of rotatable bonds is 6. The number of nitrogens with zero attached hydrogens (tertiary/aromatic N) is 1. The largest absolute Gasteiger partial charge is 0.497 e. The average molecular weight is 527 g/mol. The summed E-state index contributed by atoms with van der Waals surface area (Å²) in [7, 11) is 1.52. The second-order valence-electron chi connectivity index (χ2n) is 7.00. The van der Waals surface area contributed by atoms with Gasteiger partial charge in [0.1, 0.15) is 16.5 Å². The van der Waals surface area contributed by atoms with Gasteiger partial charge in [-0.3, -0.25) is 14.4 Å². The molecule has 2 N–H and O–H groups in total. The normalized spacial score (nSPS) is 13.4. The molecule has 0 aliphatic carbocycles. The number of hydrogen-bond acceptors (Lipinski definition) is 5. The first-order valence-corrected chi connectivity index (χ1v) is 10.9. The highest BCUT2D eigenvalue weighted by molar-refractivity contribution is 9.10. The number of halogens is 2. The molecule has 0 saturated carbocycles. The summed E-state index contributed by atoms with van der Waals surface area (Å²) in [4.78, 5) is 39.2. The van der Waals surface area contributed by atoms with Gasteiger partial charge in [0.25, 0.3) is 17.7 Å². The fourth-order valence-electron chi connectivity index (χ4n) is 3.20. The molecule has 4 rings (SSSR count). The molecular formula is C24H17BrClN3O4. The van der Waals surface area contributed by atoms with E-state index in [1.54, 1.807) is 60.7 Å². The van der Waals surface area contributed by atoms with Crippen LogP contribution in [0.2, 0.25) is 0 Å². The van der Waals surface area contributed by atoms with E-state index < -0.39 is 11.8 Å². The zero-order valence-corrected chi connectivity index (χ0v) is 19.6. The van der Waals surface area contributed by atoms with E-state index in [1.165, 1.54) is 7.11 Å². The number of methoxy groups -OCH3 is 1. The van der Waals surface area contributed by atoms with E-state index in [1.807, 2.05) is 12.1 Å². The van der Waals surface area contributed by atoms with Gasteiger partial charge in [0.15, 0.2) is 0 Å². The van der Waals surface area contributed by atoms with Gasteiger partial charge in [-0.05, 0) is 66.7 Å². The second-order valence-corrected chi connectivity index (χ2v) is 8.29. The number of imide groups is 1. The lowest BCUT2D eigenvalue weighted by Crippen LogP contribution is -2.32. The summed E-state index contributed by atoms with van der Waals surface area (Å²) < 4.78 is 6.01. The van der Waals surface area contributed by atoms with Crippen molar-refractivity contribution in [1.29, 1.82) is 0 Å². The van der Waals surface area contributed by atoms with Gasteiger partial charge in [-0.2, -0.15) is 0 Å². The van der Waals surface area contributed by atoms with Crippen LogP contribution in [-0.4, -0.2) is 24.8 Å². The molecule has 0 atom stereocenters. The van der Waals surface area contributed by atoms with Crippen LogP contribution in [0.3, 0.4) is 0 Å². The molecule has 9 heteroatoms. The van der Waals surface area contributed by atoms with Gasteiger partial charge in [0, 0.05) is 21.4 Å². The SMILES string of the molecule is COc1ccc(N2C(=O)C(Cl)=C(Nc3cccc(C(=O)Nc4ccc(Br)cc4)c3)C2=O)cc1. The standard InChI is InChI=1S/C24H17BrClN3O4/c1-33-19-11-9-18(10-12-19)29-23(31)20(26)21(24(29)32)27-17-4-2-3-14(13-17)22(30)28-16-7-5-15(25)6-8-16/h2-13,27H,1H3,(H,28,30). The molecule has 7 nitrogen and oxygen atoms in total. The molecule has 0 saturated heterocycles. The molecule has 0 spiro atoms. The quantitative estimate of drug-likeness (QED) is 0.434. The van der Waals surface area contributed by atoms with E-state index in [4.69, 9.17) is 16.3 Å². The summed E-state index contributed by atoms with van der Waals surface area (Å²) in [5.41, 5.74) is 1.73. The Hall–Kier alpha value is -3.62. The third-order valence-corrected chi connectivity index (χ3v) is 5.73. The van der Waals surface area contributed by atoms with E-state index in [-0.39, 0.29) is 16.6 Å². The topological polar surface area (TPSA) is 87.7 Å². The van der Waals surface area contributed by atoms with Crippen LogP contribution < -0.4 is 20.3 Å². The van der Waals surface area contributed by atoms with Crippen molar-refractivity contribution in [2.75, 3.05) is 22.6 Å². The molecule has 0 bridgehead atoms. The number of hydrogen-bond donors (Lipinski definition) is 2. The molecule has 166 valence electrons. The number of ether oxygens (including phenoxy) is 1. The Bertz CT molecular complexity index is 1270. The monoisotopic (exact) mass is 525 g/mol. The lowest BCUT2D eigenvalue weighted by molar-refractivity contribution is -0.120. The highest BCUT2D eigenvalue weighted by Gasteiger charge is 2.39. The molecule has 1 aliphatic heterocycles. The minimum absolute atomic E-state index is 0.0667. The van der Waals surface area contributed by atoms with Crippen LogP contribution >= 0.6 is 27.5 Å². The molecule has 33 heavy (non-hydrogen) atoms. The van der Waals surface area contributed by atoms with Crippen molar-refractivity contribution in [1.82, 2.24) is 0 Å². The van der Waals surface area contributed by atoms with Crippen molar-refractivity contribution >= 4 is 62.3 Å². The Balaban J connectivity index is 1.52. The number of nitrogens with one attached hydrogen (secondary N) is 2. The van der Waals surface area contributed by atoms with Crippen molar-refractivity contribution < 1.29 is 19.1 Å². The van der Waals surface area contributed by atoms with Crippen LogP contribution in [0.15, 0.2) is 88.0 Å². The van der Waals surface area contributed by atoms with Gasteiger partial charge in [0.05, 0.1) is 12.8 Å². The fourth-order valence-corrected chi connectivity index (χ4v) is 3.67. The highest BCUT2D eigenvalue weighted by Crippen LogP contribution is 2.31. The predicted molar refractivity (Wildman–Crippen MR) is 131 cm³/mol. The number of carbonyl (C=O) groups is 3. The molecule has 3 aromatic carbocycles. The van der Waals surface area contributed by atoms with Gasteiger partial charge in [-0.25, -0.2) is 4.90 Å². The number of carbonyl (C=O) groups excluding carboxylic acids is 3. The molecule has 0 radical (unpaired) electrons. The number of amides is 3. The molecule has 1 heterocycles. The van der Waals surface area contributed by atoms with Crippen molar-refractivity contribution in [3.05, 3.63) is 93.6 Å². The summed E-state index contributed by atoms with van der Waals surface area (Å²) in [6, 6.07) is 20.2. The van der Waals surface area contributed by atoms with Crippen LogP contribution in [0.5, 0.6) is 5.75 Å². The van der Waals surface area contributed by atoms with Crippen molar-refractivity contribution in [2.24, 2.45) is 0 Å². The Morgan fingerprint density at radius 1 is 0.939 bits per heavy atom. The lowest BCUT2D eigenvalue weighted by Gasteiger charge is -2.15. The maximum Gasteiger partial charge on any atom is 0.283 e. The minimum Gasteiger partial charge on any atom is -0.497 e. The van der Waals surface area contributed by atoms with Crippen LogP contribution in [0.1, 0.15) is 10.4 Å². The summed E-state index contributed by atoms with van der Waals surface area (Å²) in [5.74, 6) is -0.971. The zero-order chi connectivity index (χ0) is 23.5. The fraction of sp³-hybridized carbons (Fsp3) is 0.0417. The molecule has 0 aromatic heterocycles. The highest BCUT2D eigenvalue weighted by atomic mass is 79.9. The van der Waals surface area contributed by atoms with E-state index in [0.29, 0.717) is 28.4 Å². The van der Waals surface area contributed by atoms with Gasteiger partial charge >= 0.3 is 0 Å². The number of anilines is 3. The molecule has 0 fully saturated rings. The van der Waals surface area contributed by atoms with Gasteiger partial charge in [-0.15, -0.1) is 0 Å². The van der Waals surface area contributed by atoms with Gasteiger partial charge in [-0.1, -0.05) is 33.6 Å². The molecule has 1 aliphatic rings. The van der Waals surface area contributed by atoms with Crippen LogP contribution in [0, 0.1) is 0 Å². The smallest absolute Gasteiger partial charge is 0.283 e. The first kappa shape index (κ1) is 22.6. The van der Waals surface area contributed by atoms with E-state index >= 15 is 0 Å². The van der Waals surface area contributed by atoms with Gasteiger partial charge < -0.3 is 15.4 Å². The van der Waals surface area contributed by atoms with Crippen LogP contribution in [-0.2, 0) is 9.59 Å². The zero-order valence-electron chi connectivity index (χ0n) is 17.3. The van der Waals surface area contributed by atoms with E-state index in [2.05, 4.69) is 26.6 Å². The minimum atomic E-state index is -0.640. The summed E-state index contributed by atoms with van der Waals surface area (Å²) in [6.45, 7) is 0. The van der Waals surface area contributed by atoms with Gasteiger partial charge in [0.2, 0.25) is 0 Å². The molecule has 3 amide bonds. The van der Waals surface area contributed by atoms with Crippen molar-refractivity contribution in [3.8, 4) is 5.75 Å². The molecular weight excluding hydrogens is 510 g/mol. The lowest BCUT2D eigenvalue weighted by atomic mass is 10.1.